The maximum absolute atomic E-state index is 11.9. The van der Waals surface area contributed by atoms with Crippen LogP contribution in [0.25, 0.3) is 0 Å². The van der Waals surface area contributed by atoms with Crippen molar-refractivity contribution in [2.24, 2.45) is 0 Å². The van der Waals surface area contributed by atoms with Crippen molar-refractivity contribution in [3.63, 3.8) is 0 Å². The number of hydrogen-bond acceptors (Lipinski definition) is 5. The Balaban J connectivity index is 2.19. The van der Waals surface area contributed by atoms with E-state index in [0.29, 0.717) is 18.4 Å². The molecule has 0 aromatic carbocycles. The number of aliphatic hydroxyl groups excluding tert-OH is 1. The number of ether oxygens (including phenoxy) is 2. The molecule has 2 heterocycles. The zero-order chi connectivity index (χ0) is 15.4. The predicted molar refractivity (Wildman–Crippen MR) is 76.1 cm³/mol. The van der Waals surface area contributed by atoms with Crippen LogP contribution in [0.2, 0.25) is 0 Å². The van der Waals surface area contributed by atoms with Crippen molar-refractivity contribution in [3.05, 3.63) is 32.6 Å². The lowest BCUT2D eigenvalue weighted by Gasteiger charge is -2.16. The molecule has 0 spiro atoms. The van der Waals surface area contributed by atoms with Gasteiger partial charge in [0.2, 0.25) is 0 Å². The van der Waals surface area contributed by atoms with Gasteiger partial charge in [-0.1, -0.05) is 6.92 Å². The topological polar surface area (TPSA) is 93.6 Å². The van der Waals surface area contributed by atoms with Crippen molar-refractivity contribution in [2.45, 2.75) is 58.2 Å². The molecule has 7 heteroatoms. The van der Waals surface area contributed by atoms with E-state index < -0.39 is 17.5 Å². The smallest absolute Gasteiger partial charge is 0.330 e. The highest BCUT2D eigenvalue weighted by atomic mass is 16.5. The van der Waals surface area contributed by atoms with Crippen LogP contribution < -0.4 is 11.2 Å². The van der Waals surface area contributed by atoms with Gasteiger partial charge in [-0.25, -0.2) is 4.79 Å². The van der Waals surface area contributed by atoms with Gasteiger partial charge in [0, 0.05) is 6.20 Å². The molecule has 0 saturated carbocycles. The molecule has 7 nitrogen and oxygen atoms in total. The van der Waals surface area contributed by atoms with E-state index in [0.717, 1.165) is 6.42 Å². The van der Waals surface area contributed by atoms with Gasteiger partial charge in [-0.05, 0) is 26.2 Å². The highest BCUT2D eigenvalue weighted by Gasteiger charge is 2.27. The summed E-state index contributed by atoms with van der Waals surface area (Å²) in [5, 5.41) is 9.08. The van der Waals surface area contributed by atoms with Crippen LogP contribution in [0.4, 0.5) is 0 Å². The third-order valence-electron chi connectivity index (χ3n) is 3.74. The normalized spacial score (nSPS) is 23.4. The van der Waals surface area contributed by atoms with Gasteiger partial charge in [-0.3, -0.25) is 14.3 Å². The first kappa shape index (κ1) is 15.9. The van der Waals surface area contributed by atoms with Gasteiger partial charge < -0.3 is 14.6 Å². The van der Waals surface area contributed by atoms with Crippen LogP contribution in [0.15, 0.2) is 15.8 Å². The third kappa shape index (κ3) is 3.81. The van der Waals surface area contributed by atoms with Gasteiger partial charge in [0.15, 0.2) is 0 Å². The number of aliphatic hydroxyl groups is 1. The lowest BCUT2D eigenvalue weighted by molar-refractivity contribution is -0.0251. The fraction of sp³-hybridized carbons (Fsp3) is 0.714. The monoisotopic (exact) mass is 298 g/mol. The van der Waals surface area contributed by atoms with E-state index in [9.17, 15) is 9.59 Å². The molecule has 0 bridgehead atoms. The lowest BCUT2D eigenvalue weighted by Crippen LogP contribution is -2.34. The van der Waals surface area contributed by atoms with Crippen molar-refractivity contribution in [1.82, 2.24) is 9.55 Å². The van der Waals surface area contributed by atoms with Crippen molar-refractivity contribution in [3.8, 4) is 0 Å². The molecule has 118 valence electrons. The van der Waals surface area contributed by atoms with Crippen LogP contribution in [0.5, 0.6) is 0 Å². The Labute approximate surface area is 122 Å². The van der Waals surface area contributed by atoms with E-state index in [1.807, 2.05) is 13.8 Å². The number of hydrogen-bond donors (Lipinski definition) is 2. The molecule has 1 aromatic rings. The second-order valence-corrected chi connectivity index (χ2v) is 5.32. The van der Waals surface area contributed by atoms with E-state index in [1.54, 1.807) is 0 Å². The van der Waals surface area contributed by atoms with Crippen LogP contribution in [0, 0.1) is 0 Å². The van der Waals surface area contributed by atoms with Crippen LogP contribution in [-0.4, -0.2) is 33.5 Å². The molecule has 3 atom stereocenters. The molecule has 1 aliphatic rings. The maximum atomic E-state index is 11.9. The molecule has 2 N–H and O–H groups in total. The maximum Gasteiger partial charge on any atom is 0.330 e. The van der Waals surface area contributed by atoms with E-state index in [4.69, 9.17) is 14.6 Å². The summed E-state index contributed by atoms with van der Waals surface area (Å²) in [5.74, 6) is 0. The fourth-order valence-corrected chi connectivity index (χ4v) is 2.22. The first-order chi connectivity index (χ1) is 10.0. The average Bonchev–Trinajstić information content (AvgIpc) is 2.94. The number of H-pyrrole nitrogens is 1. The largest absolute Gasteiger partial charge is 0.394 e. The van der Waals surface area contributed by atoms with E-state index in [-0.39, 0.29) is 25.4 Å². The van der Waals surface area contributed by atoms with Crippen molar-refractivity contribution < 1.29 is 14.6 Å². The number of nitrogens with zero attached hydrogens (tertiary/aromatic N) is 1. The minimum absolute atomic E-state index is 0.0475. The van der Waals surface area contributed by atoms with Gasteiger partial charge in [-0.2, -0.15) is 0 Å². The molecule has 0 radical (unpaired) electrons. The summed E-state index contributed by atoms with van der Waals surface area (Å²) in [6.45, 7) is 4.01. The number of rotatable bonds is 6. The Morgan fingerprint density at radius 3 is 2.90 bits per heavy atom. The molecule has 1 aliphatic heterocycles. The van der Waals surface area contributed by atoms with Gasteiger partial charge in [0.05, 0.1) is 31.0 Å². The van der Waals surface area contributed by atoms with Gasteiger partial charge in [0.25, 0.3) is 5.56 Å². The predicted octanol–water partition coefficient (Wildman–Crippen LogP) is 0.522. The summed E-state index contributed by atoms with van der Waals surface area (Å²) in [5.41, 5.74) is -0.543. The van der Waals surface area contributed by atoms with E-state index in [1.165, 1.54) is 10.8 Å². The third-order valence-corrected chi connectivity index (χ3v) is 3.74. The number of aromatic amines is 1. The Kier molecular flexibility index (Phi) is 5.33. The zero-order valence-corrected chi connectivity index (χ0v) is 12.4. The van der Waals surface area contributed by atoms with E-state index >= 15 is 0 Å². The molecule has 0 aliphatic carbocycles. The highest BCUT2D eigenvalue weighted by Crippen LogP contribution is 2.26. The number of nitrogens with one attached hydrogen (secondary N) is 1. The Hall–Kier alpha value is -1.44. The molecular formula is C14H22N2O5. The molecule has 1 fully saturated rings. The molecule has 3 unspecified atom stereocenters. The SMILES string of the molecule is CCC(C)OCc1cn(C2CCC(CO)O2)c(=O)[nH]c1=O. The average molecular weight is 298 g/mol. The first-order valence-corrected chi connectivity index (χ1v) is 7.27. The minimum atomic E-state index is -0.504. The second-order valence-electron chi connectivity index (χ2n) is 5.32. The van der Waals surface area contributed by atoms with Gasteiger partial charge >= 0.3 is 5.69 Å². The van der Waals surface area contributed by atoms with Crippen molar-refractivity contribution >= 4 is 0 Å². The van der Waals surface area contributed by atoms with Crippen molar-refractivity contribution in [1.29, 1.82) is 0 Å². The lowest BCUT2D eigenvalue weighted by atomic mass is 10.2. The number of aromatic nitrogens is 2. The van der Waals surface area contributed by atoms with Crippen LogP contribution in [0.1, 0.15) is 44.9 Å². The summed E-state index contributed by atoms with van der Waals surface area (Å²) < 4.78 is 12.5. The highest BCUT2D eigenvalue weighted by molar-refractivity contribution is 5.03. The Morgan fingerprint density at radius 2 is 2.29 bits per heavy atom. The second kappa shape index (κ2) is 7.02. The molecule has 21 heavy (non-hydrogen) atoms. The summed E-state index contributed by atoms with van der Waals surface area (Å²) in [6.07, 6.45) is 3.00. The van der Waals surface area contributed by atoms with Crippen LogP contribution in [-0.2, 0) is 16.1 Å². The zero-order valence-electron chi connectivity index (χ0n) is 12.4. The molecule has 2 rings (SSSR count). The Morgan fingerprint density at radius 1 is 1.52 bits per heavy atom. The molecule has 0 amide bonds. The summed E-state index contributed by atoms with van der Waals surface area (Å²) in [4.78, 5) is 26.0. The Bertz CT molecular complexity index is 579. The first-order valence-electron chi connectivity index (χ1n) is 7.27. The molecular weight excluding hydrogens is 276 g/mol. The van der Waals surface area contributed by atoms with Gasteiger partial charge in [-0.15, -0.1) is 0 Å². The van der Waals surface area contributed by atoms with Crippen LogP contribution in [0.3, 0.4) is 0 Å². The standard InChI is InChI=1S/C14H22N2O5/c1-3-9(2)20-8-10-6-16(14(19)15-13(10)18)12-5-4-11(7-17)21-12/h6,9,11-12,17H,3-5,7-8H2,1-2H3,(H,15,18,19). The quantitative estimate of drug-likeness (QED) is 0.798. The van der Waals surface area contributed by atoms with Crippen LogP contribution >= 0.6 is 0 Å². The van der Waals surface area contributed by atoms with E-state index in [2.05, 4.69) is 4.98 Å². The fourth-order valence-electron chi connectivity index (χ4n) is 2.22. The molecule has 1 saturated heterocycles. The summed E-state index contributed by atoms with van der Waals surface area (Å²) in [6, 6.07) is 0. The summed E-state index contributed by atoms with van der Waals surface area (Å²) in [7, 11) is 0. The van der Waals surface area contributed by atoms with Crippen molar-refractivity contribution in [2.75, 3.05) is 6.61 Å². The van der Waals surface area contributed by atoms with Gasteiger partial charge in [0.1, 0.15) is 6.23 Å². The minimum Gasteiger partial charge on any atom is -0.394 e. The molecule has 1 aromatic heterocycles. The summed E-state index contributed by atoms with van der Waals surface area (Å²) >= 11 is 0.